The number of nitrogens with one attached hydrogen (secondary N) is 3. The van der Waals surface area contributed by atoms with Crippen LogP contribution in [0.1, 0.15) is 43.2 Å². The fourth-order valence-electron chi connectivity index (χ4n) is 7.08. The zero-order valence-electron chi connectivity index (χ0n) is 21.4. The van der Waals surface area contributed by atoms with Crippen molar-refractivity contribution in [3.63, 3.8) is 0 Å². The molecule has 0 amide bonds. The van der Waals surface area contributed by atoms with Crippen molar-refractivity contribution in [1.82, 2.24) is 15.3 Å². The Balaban J connectivity index is 1.24. The molecule has 1 unspecified atom stereocenters. The SMILES string of the molecule is N#Cc1cnc(NCc2ccccc2OC(F)(F)F)nc1NC[C@@]12CC3C[C@H](C1)[C@@H](NC[C@H](O)CO)[C@@H](C3)C2. The summed E-state index contributed by atoms with van der Waals surface area (Å²) in [5.74, 6) is 1.94. The van der Waals surface area contributed by atoms with Crippen molar-refractivity contribution in [1.29, 1.82) is 5.26 Å². The third-order valence-corrected chi connectivity index (χ3v) is 8.38. The van der Waals surface area contributed by atoms with Gasteiger partial charge in [-0.1, -0.05) is 18.2 Å². The van der Waals surface area contributed by atoms with Crippen LogP contribution < -0.4 is 20.7 Å². The second-order valence-corrected chi connectivity index (χ2v) is 11.2. The van der Waals surface area contributed by atoms with Gasteiger partial charge < -0.3 is 30.9 Å². The third kappa shape index (κ3) is 6.37. The van der Waals surface area contributed by atoms with Crippen LogP contribution in [-0.2, 0) is 6.54 Å². The van der Waals surface area contributed by atoms with E-state index < -0.39 is 12.5 Å². The molecule has 2 aromatic rings. The van der Waals surface area contributed by atoms with Crippen LogP contribution in [-0.4, -0.2) is 58.4 Å². The van der Waals surface area contributed by atoms with E-state index in [0.29, 0.717) is 53.8 Å². The Kier molecular flexibility index (Phi) is 7.84. The molecule has 0 spiro atoms. The Bertz CT molecular complexity index is 1190. The maximum Gasteiger partial charge on any atom is 0.573 e. The molecular formula is C27H33F3N6O3. The van der Waals surface area contributed by atoms with Crippen LogP contribution in [0.15, 0.2) is 30.5 Å². The maximum atomic E-state index is 12.8. The first-order chi connectivity index (χ1) is 18.7. The number of halogens is 3. The molecule has 1 aromatic carbocycles. The van der Waals surface area contributed by atoms with Gasteiger partial charge in [-0.15, -0.1) is 13.2 Å². The number of nitriles is 1. The van der Waals surface area contributed by atoms with Crippen molar-refractivity contribution in [2.75, 3.05) is 30.3 Å². The van der Waals surface area contributed by atoms with E-state index in [1.807, 2.05) is 0 Å². The van der Waals surface area contributed by atoms with Crippen LogP contribution in [0.4, 0.5) is 24.9 Å². The number of aromatic nitrogens is 2. The van der Waals surface area contributed by atoms with E-state index in [-0.39, 0.29) is 30.3 Å². The summed E-state index contributed by atoms with van der Waals surface area (Å²) in [5.41, 5.74) is 0.674. The highest BCUT2D eigenvalue weighted by atomic mass is 19.4. The largest absolute Gasteiger partial charge is 0.573 e. The molecule has 0 saturated heterocycles. The highest BCUT2D eigenvalue weighted by Gasteiger charge is 2.55. The number of nitrogens with zero attached hydrogens (tertiary/aromatic N) is 3. The standard InChI is InChI=1S/C27H33F3N6O3/c28-27(29,30)39-22-4-2-1-3-17(22)11-33-25-34-12-20(10-31)24(36-25)35-15-26-7-16-5-18(8-26)23(19(6-16)9-26)32-13-21(38)14-37/h1-4,12,16,18-19,21,23,32,37-38H,5-9,11,13-15H2,(H2,33,34,35,36)/t16?,18-,19+,21-,23-,26+/m0/s1. The summed E-state index contributed by atoms with van der Waals surface area (Å²) in [7, 11) is 0. The lowest BCUT2D eigenvalue weighted by Crippen LogP contribution is -2.60. The average molecular weight is 547 g/mol. The van der Waals surface area contributed by atoms with E-state index in [4.69, 9.17) is 5.11 Å². The van der Waals surface area contributed by atoms with Crippen molar-refractivity contribution in [3.8, 4) is 11.8 Å². The fraction of sp³-hybridized carbons (Fsp3) is 0.593. The van der Waals surface area contributed by atoms with Crippen LogP contribution in [0.3, 0.4) is 0 Å². The molecule has 4 bridgehead atoms. The predicted molar refractivity (Wildman–Crippen MR) is 137 cm³/mol. The number of hydrogen-bond donors (Lipinski definition) is 5. The van der Waals surface area contributed by atoms with Crippen molar-refractivity contribution in [3.05, 3.63) is 41.6 Å². The molecule has 1 heterocycles. The summed E-state index contributed by atoms with van der Waals surface area (Å²) in [6.45, 7) is 0.803. The molecule has 6 rings (SSSR count). The predicted octanol–water partition coefficient (Wildman–Crippen LogP) is 3.41. The van der Waals surface area contributed by atoms with Crippen LogP contribution in [0.2, 0.25) is 0 Å². The van der Waals surface area contributed by atoms with Gasteiger partial charge in [0.25, 0.3) is 0 Å². The van der Waals surface area contributed by atoms with Crippen LogP contribution in [0, 0.1) is 34.5 Å². The Hall–Kier alpha value is -3.14. The van der Waals surface area contributed by atoms with Gasteiger partial charge in [0, 0.05) is 31.2 Å². The van der Waals surface area contributed by atoms with Crippen LogP contribution in [0.5, 0.6) is 5.75 Å². The van der Waals surface area contributed by atoms with Gasteiger partial charge in [-0.05, 0) is 61.3 Å². The normalized spacial score (nSPS) is 28.1. The molecule has 39 heavy (non-hydrogen) atoms. The lowest BCUT2D eigenvalue weighted by Gasteiger charge is -2.60. The number of benzene rings is 1. The van der Waals surface area contributed by atoms with E-state index in [2.05, 4.69) is 36.7 Å². The molecule has 210 valence electrons. The number of alkyl halides is 3. The number of ether oxygens (including phenoxy) is 1. The lowest BCUT2D eigenvalue weighted by molar-refractivity contribution is -0.274. The highest BCUT2D eigenvalue weighted by Crippen LogP contribution is 2.60. The first-order valence-electron chi connectivity index (χ1n) is 13.3. The minimum absolute atomic E-state index is 0.00589. The molecule has 5 N–H and O–H groups in total. The van der Waals surface area contributed by atoms with E-state index >= 15 is 0 Å². The van der Waals surface area contributed by atoms with Crippen molar-refractivity contribution < 1.29 is 28.1 Å². The van der Waals surface area contributed by atoms with Gasteiger partial charge in [0.2, 0.25) is 5.95 Å². The first-order valence-corrected chi connectivity index (χ1v) is 13.3. The number of aliphatic hydroxyl groups excluding tert-OH is 2. The topological polar surface area (TPSA) is 135 Å². The third-order valence-electron chi connectivity index (χ3n) is 8.38. The van der Waals surface area contributed by atoms with Gasteiger partial charge in [-0.3, -0.25) is 0 Å². The molecule has 6 atom stereocenters. The molecule has 0 radical (unpaired) electrons. The quantitative estimate of drug-likeness (QED) is 0.287. The Morgan fingerprint density at radius 2 is 1.90 bits per heavy atom. The number of anilines is 2. The molecule has 1 aromatic heterocycles. The number of rotatable bonds is 11. The first kappa shape index (κ1) is 27.4. The van der Waals surface area contributed by atoms with Gasteiger partial charge >= 0.3 is 6.36 Å². The number of hydrogen-bond acceptors (Lipinski definition) is 9. The Morgan fingerprint density at radius 1 is 1.15 bits per heavy atom. The number of aliphatic hydroxyl groups is 2. The summed E-state index contributed by atoms with van der Waals surface area (Å²) < 4.78 is 42.4. The van der Waals surface area contributed by atoms with E-state index in [9.17, 15) is 23.5 Å². The average Bonchev–Trinajstić information content (AvgIpc) is 2.89. The van der Waals surface area contributed by atoms with Gasteiger partial charge in [-0.2, -0.15) is 10.2 Å². The highest BCUT2D eigenvalue weighted by molar-refractivity contribution is 5.53. The van der Waals surface area contributed by atoms with Crippen LogP contribution in [0.25, 0.3) is 0 Å². The summed E-state index contributed by atoms with van der Waals surface area (Å²) in [6.07, 6.45) is 1.36. The smallest absolute Gasteiger partial charge is 0.405 e. The number of para-hydroxylation sites is 1. The van der Waals surface area contributed by atoms with Gasteiger partial charge in [-0.25, -0.2) is 4.98 Å². The van der Waals surface area contributed by atoms with Gasteiger partial charge in [0.05, 0.1) is 18.9 Å². The minimum atomic E-state index is -4.80. The van der Waals surface area contributed by atoms with E-state index in [0.717, 1.165) is 32.1 Å². The summed E-state index contributed by atoms with van der Waals surface area (Å²) in [6, 6.07) is 8.31. The molecule has 4 fully saturated rings. The molecule has 0 aliphatic heterocycles. The Labute approximate surface area is 224 Å². The van der Waals surface area contributed by atoms with E-state index in [1.54, 1.807) is 6.07 Å². The zero-order valence-corrected chi connectivity index (χ0v) is 21.4. The molecule has 4 aliphatic carbocycles. The summed E-state index contributed by atoms with van der Waals surface area (Å²) >= 11 is 0. The summed E-state index contributed by atoms with van der Waals surface area (Å²) in [5, 5.41) is 38.4. The molecule has 9 nitrogen and oxygen atoms in total. The van der Waals surface area contributed by atoms with Crippen molar-refractivity contribution in [2.45, 2.75) is 57.2 Å². The second-order valence-electron chi connectivity index (χ2n) is 11.2. The summed E-state index contributed by atoms with van der Waals surface area (Å²) in [4.78, 5) is 8.63. The molecule has 4 aliphatic rings. The van der Waals surface area contributed by atoms with Crippen LogP contribution >= 0.6 is 0 Å². The van der Waals surface area contributed by atoms with Gasteiger partial charge in [0.1, 0.15) is 23.2 Å². The second kappa shape index (κ2) is 11.2. The monoisotopic (exact) mass is 546 g/mol. The van der Waals surface area contributed by atoms with Crippen molar-refractivity contribution in [2.24, 2.45) is 23.2 Å². The Morgan fingerprint density at radius 3 is 2.59 bits per heavy atom. The molecule has 12 heteroatoms. The van der Waals surface area contributed by atoms with E-state index in [1.165, 1.54) is 24.4 Å². The van der Waals surface area contributed by atoms with Crippen molar-refractivity contribution >= 4 is 11.8 Å². The van der Waals surface area contributed by atoms with Gasteiger partial charge in [0.15, 0.2) is 0 Å². The fourth-order valence-corrected chi connectivity index (χ4v) is 7.08. The zero-order chi connectivity index (χ0) is 27.6. The minimum Gasteiger partial charge on any atom is -0.405 e. The maximum absolute atomic E-state index is 12.8. The molecule has 4 saturated carbocycles. The molecular weight excluding hydrogens is 513 g/mol. The lowest BCUT2D eigenvalue weighted by atomic mass is 9.48.